The van der Waals surface area contributed by atoms with Crippen molar-refractivity contribution in [2.75, 3.05) is 26.1 Å². The standard InChI is InChI=1S/C15H16ClNO7/c1-4-24-12-6-10(9(16)5-8(12)14(19)20)17-11(15(21)23-3)7-13(18)22-2/h5-7,17H,4H2,1-3H3,(H,19,20)/b11-7+. The summed E-state index contributed by atoms with van der Waals surface area (Å²) in [4.78, 5) is 34.3. The first kappa shape index (κ1) is 19.3. The van der Waals surface area contributed by atoms with Crippen molar-refractivity contribution >= 4 is 35.2 Å². The predicted molar refractivity (Wildman–Crippen MR) is 85.3 cm³/mol. The molecule has 8 nitrogen and oxygen atoms in total. The van der Waals surface area contributed by atoms with Crippen LogP contribution in [0.4, 0.5) is 5.69 Å². The summed E-state index contributed by atoms with van der Waals surface area (Å²) >= 11 is 6.03. The van der Waals surface area contributed by atoms with Gasteiger partial charge in [-0.25, -0.2) is 14.4 Å². The molecule has 0 heterocycles. The van der Waals surface area contributed by atoms with Crippen molar-refractivity contribution in [3.05, 3.63) is 34.5 Å². The highest BCUT2D eigenvalue weighted by molar-refractivity contribution is 6.34. The summed E-state index contributed by atoms with van der Waals surface area (Å²) in [7, 11) is 2.28. The Balaban J connectivity index is 3.31. The number of esters is 2. The van der Waals surface area contributed by atoms with E-state index < -0.39 is 17.9 Å². The van der Waals surface area contributed by atoms with E-state index >= 15 is 0 Å². The first-order valence-corrected chi connectivity index (χ1v) is 7.06. The molecule has 9 heteroatoms. The number of carbonyl (C=O) groups is 3. The molecule has 0 aromatic heterocycles. The van der Waals surface area contributed by atoms with E-state index in [4.69, 9.17) is 21.4 Å². The van der Waals surface area contributed by atoms with Gasteiger partial charge in [-0.3, -0.25) is 0 Å². The molecule has 0 spiro atoms. The van der Waals surface area contributed by atoms with E-state index in [2.05, 4.69) is 14.8 Å². The van der Waals surface area contributed by atoms with Crippen LogP contribution in [0.25, 0.3) is 0 Å². The van der Waals surface area contributed by atoms with E-state index in [1.165, 1.54) is 12.1 Å². The average molecular weight is 358 g/mol. The monoisotopic (exact) mass is 357 g/mol. The van der Waals surface area contributed by atoms with Gasteiger partial charge in [0.25, 0.3) is 0 Å². The Labute approximate surface area is 142 Å². The number of hydrogen-bond donors (Lipinski definition) is 2. The number of nitrogens with one attached hydrogen (secondary N) is 1. The molecule has 0 radical (unpaired) electrons. The van der Waals surface area contributed by atoms with Crippen molar-refractivity contribution in [3.8, 4) is 5.75 Å². The number of methoxy groups -OCH3 is 2. The van der Waals surface area contributed by atoms with Gasteiger partial charge in [0.15, 0.2) is 0 Å². The maximum Gasteiger partial charge on any atom is 0.354 e. The van der Waals surface area contributed by atoms with Crippen molar-refractivity contribution in [1.82, 2.24) is 0 Å². The zero-order chi connectivity index (χ0) is 18.3. The number of hydrogen-bond acceptors (Lipinski definition) is 7. The van der Waals surface area contributed by atoms with Crippen molar-refractivity contribution in [1.29, 1.82) is 0 Å². The Hall–Kier alpha value is -2.74. The fourth-order valence-electron chi connectivity index (χ4n) is 1.67. The number of anilines is 1. The van der Waals surface area contributed by atoms with Crippen molar-refractivity contribution in [3.63, 3.8) is 0 Å². The van der Waals surface area contributed by atoms with E-state index in [-0.39, 0.29) is 34.3 Å². The third-order valence-corrected chi connectivity index (χ3v) is 3.05. The Morgan fingerprint density at radius 2 is 1.92 bits per heavy atom. The highest BCUT2D eigenvalue weighted by atomic mass is 35.5. The molecule has 130 valence electrons. The minimum atomic E-state index is -1.22. The van der Waals surface area contributed by atoms with Gasteiger partial charge in [0.1, 0.15) is 17.0 Å². The van der Waals surface area contributed by atoms with E-state index in [0.29, 0.717) is 0 Å². The number of ether oxygens (including phenoxy) is 3. The largest absolute Gasteiger partial charge is 0.493 e. The molecule has 0 amide bonds. The van der Waals surface area contributed by atoms with Crippen LogP contribution < -0.4 is 10.1 Å². The van der Waals surface area contributed by atoms with E-state index in [9.17, 15) is 14.4 Å². The highest BCUT2D eigenvalue weighted by Gasteiger charge is 2.19. The van der Waals surface area contributed by atoms with Crippen molar-refractivity contribution in [2.24, 2.45) is 0 Å². The van der Waals surface area contributed by atoms with Gasteiger partial charge in [0, 0.05) is 6.07 Å². The molecule has 0 saturated heterocycles. The lowest BCUT2D eigenvalue weighted by Crippen LogP contribution is -2.16. The van der Waals surface area contributed by atoms with Crippen LogP contribution in [-0.2, 0) is 19.1 Å². The Morgan fingerprint density at radius 3 is 2.42 bits per heavy atom. The van der Waals surface area contributed by atoms with Crippen LogP contribution >= 0.6 is 11.6 Å². The second kappa shape index (κ2) is 8.78. The molecule has 0 aliphatic rings. The van der Waals surface area contributed by atoms with Crippen LogP contribution in [0.5, 0.6) is 5.75 Å². The number of carboxylic acid groups (broad SMARTS) is 1. The number of aromatic carboxylic acids is 1. The average Bonchev–Trinajstić information content (AvgIpc) is 2.55. The van der Waals surface area contributed by atoms with Gasteiger partial charge in [0.05, 0.1) is 37.6 Å². The van der Waals surface area contributed by atoms with Crippen LogP contribution in [0, 0.1) is 0 Å². The van der Waals surface area contributed by atoms with Crippen LogP contribution in [0.3, 0.4) is 0 Å². The quantitative estimate of drug-likeness (QED) is 0.563. The van der Waals surface area contributed by atoms with Gasteiger partial charge < -0.3 is 24.6 Å². The predicted octanol–water partition coefficient (Wildman–Crippen LogP) is 2.08. The van der Waals surface area contributed by atoms with Crippen LogP contribution in [0.15, 0.2) is 23.9 Å². The number of benzene rings is 1. The number of rotatable bonds is 7. The van der Waals surface area contributed by atoms with E-state index in [1.54, 1.807) is 6.92 Å². The normalized spacial score (nSPS) is 10.8. The second-order valence-electron chi connectivity index (χ2n) is 4.26. The van der Waals surface area contributed by atoms with E-state index in [1.807, 2.05) is 0 Å². The van der Waals surface area contributed by atoms with Gasteiger partial charge in [0.2, 0.25) is 0 Å². The van der Waals surface area contributed by atoms with Crippen LogP contribution in [0.1, 0.15) is 17.3 Å². The summed E-state index contributed by atoms with van der Waals surface area (Å²) in [6, 6.07) is 2.48. The first-order valence-electron chi connectivity index (χ1n) is 6.68. The maximum absolute atomic E-state index is 11.7. The summed E-state index contributed by atoms with van der Waals surface area (Å²) in [6.07, 6.45) is 0.883. The summed E-state index contributed by atoms with van der Waals surface area (Å²) in [5.41, 5.74) is -0.216. The maximum atomic E-state index is 11.7. The summed E-state index contributed by atoms with van der Waals surface area (Å²) < 4.78 is 14.3. The highest BCUT2D eigenvalue weighted by Crippen LogP contribution is 2.32. The molecule has 2 N–H and O–H groups in total. The van der Waals surface area contributed by atoms with Gasteiger partial charge in [-0.2, -0.15) is 0 Å². The molecule has 24 heavy (non-hydrogen) atoms. The lowest BCUT2D eigenvalue weighted by atomic mass is 10.1. The SMILES string of the molecule is CCOc1cc(N/C(=C/C(=O)OC)C(=O)OC)c(Cl)cc1C(=O)O. The number of halogens is 1. The lowest BCUT2D eigenvalue weighted by Gasteiger charge is -2.14. The minimum absolute atomic E-state index is 0.00974. The smallest absolute Gasteiger partial charge is 0.354 e. The molecule has 0 fully saturated rings. The molecule has 1 rings (SSSR count). The Morgan fingerprint density at radius 1 is 1.25 bits per heavy atom. The van der Waals surface area contributed by atoms with E-state index in [0.717, 1.165) is 20.3 Å². The summed E-state index contributed by atoms with van der Waals surface area (Å²) in [5, 5.41) is 11.8. The zero-order valence-corrected chi connectivity index (χ0v) is 14.0. The topological polar surface area (TPSA) is 111 Å². The minimum Gasteiger partial charge on any atom is -0.493 e. The third-order valence-electron chi connectivity index (χ3n) is 2.74. The van der Waals surface area contributed by atoms with Crippen molar-refractivity contribution < 1.29 is 33.7 Å². The third kappa shape index (κ3) is 4.88. The van der Waals surface area contributed by atoms with Gasteiger partial charge in [-0.05, 0) is 13.0 Å². The van der Waals surface area contributed by atoms with Crippen molar-refractivity contribution in [2.45, 2.75) is 6.92 Å². The first-order chi connectivity index (χ1) is 11.3. The van der Waals surface area contributed by atoms with Gasteiger partial charge in [-0.15, -0.1) is 0 Å². The lowest BCUT2D eigenvalue weighted by molar-refractivity contribution is -0.138. The molecule has 1 aromatic rings. The molecule has 0 saturated carbocycles. The molecular formula is C15H16ClNO7. The summed E-state index contributed by atoms with van der Waals surface area (Å²) in [5.74, 6) is -2.78. The van der Waals surface area contributed by atoms with Gasteiger partial charge >= 0.3 is 17.9 Å². The molecule has 0 unspecified atom stereocenters. The molecule has 0 bridgehead atoms. The molecule has 0 aliphatic heterocycles. The molecule has 1 aromatic carbocycles. The zero-order valence-electron chi connectivity index (χ0n) is 13.2. The second-order valence-corrected chi connectivity index (χ2v) is 4.67. The summed E-state index contributed by atoms with van der Waals surface area (Å²) in [6.45, 7) is 1.91. The van der Waals surface area contributed by atoms with Crippen LogP contribution in [-0.4, -0.2) is 43.8 Å². The Kier molecular flexibility index (Phi) is 7.06. The van der Waals surface area contributed by atoms with Crippen LogP contribution in [0.2, 0.25) is 5.02 Å². The fraction of sp³-hybridized carbons (Fsp3) is 0.267. The molecule has 0 aliphatic carbocycles. The molecular weight excluding hydrogens is 342 g/mol. The number of carboxylic acids is 1. The Bertz CT molecular complexity index is 685. The fourth-order valence-corrected chi connectivity index (χ4v) is 1.88. The number of carbonyl (C=O) groups excluding carboxylic acids is 2. The molecule has 0 atom stereocenters. The van der Waals surface area contributed by atoms with Gasteiger partial charge in [-0.1, -0.05) is 11.6 Å².